The highest BCUT2D eigenvalue weighted by atomic mass is 35.5. The van der Waals surface area contributed by atoms with Crippen LogP contribution in [0.25, 0.3) is 17.4 Å². The summed E-state index contributed by atoms with van der Waals surface area (Å²) in [5.41, 5.74) is 7.79. The van der Waals surface area contributed by atoms with Gasteiger partial charge in [-0.3, -0.25) is 0 Å². The second-order valence-electron chi connectivity index (χ2n) is 9.96. The molecule has 4 aromatic rings. The molecule has 0 aliphatic carbocycles. The van der Waals surface area contributed by atoms with Crippen LogP contribution in [0.15, 0.2) is 47.1 Å². The first kappa shape index (κ1) is 25.9. The molecule has 0 radical (unpaired) electrons. The van der Waals surface area contributed by atoms with Gasteiger partial charge in [0.1, 0.15) is 0 Å². The lowest BCUT2D eigenvalue weighted by molar-refractivity contribution is 0.0697. The van der Waals surface area contributed by atoms with E-state index >= 15 is 0 Å². The number of hydrogen-bond donors (Lipinski definition) is 2. The fourth-order valence-electron chi connectivity index (χ4n) is 5.55. The van der Waals surface area contributed by atoms with Crippen molar-refractivity contribution in [2.24, 2.45) is 5.92 Å². The number of hydrogen-bond acceptors (Lipinski definition) is 9. The minimum absolute atomic E-state index is 0. The van der Waals surface area contributed by atoms with Gasteiger partial charge >= 0.3 is 5.97 Å². The van der Waals surface area contributed by atoms with E-state index in [4.69, 9.17) is 15.3 Å². The van der Waals surface area contributed by atoms with Crippen LogP contribution in [0.4, 0.5) is 11.9 Å². The first-order valence-electron chi connectivity index (χ1n) is 12.8. The minimum atomic E-state index is -0.879. The highest BCUT2D eigenvalue weighted by molar-refractivity contribution is 5.87. The largest absolute Gasteiger partial charge is 0.478 e. The van der Waals surface area contributed by atoms with Gasteiger partial charge < -0.3 is 25.1 Å². The Morgan fingerprint density at radius 2 is 1.84 bits per heavy atom. The van der Waals surface area contributed by atoms with Crippen LogP contribution < -0.4 is 10.6 Å². The third kappa shape index (κ3) is 5.30. The predicted molar refractivity (Wildman–Crippen MR) is 145 cm³/mol. The molecule has 2 aliphatic rings. The van der Waals surface area contributed by atoms with Gasteiger partial charge in [0, 0.05) is 19.6 Å². The maximum absolute atomic E-state index is 11.1. The van der Waals surface area contributed by atoms with Gasteiger partial charge in [0.15, 0.2) is 5.76 Å². The molecule has 2 fully saturated rings. The van der Waals surface area contributed by atoms with E-state index in [9.17, 15) is 4.79 Å². The fraction of sp³-hybridized carbons (Fsp3) is 0.423. The summed E-state index contributed by atoms with van der Waals surface area (Å²) >= 11 is 0. The highest BCUT2D eigenvalue weighted by Crippen LogP contribution is 2.30. The Kier molecular flexibility index (Phi) is 7.48. The van der Waals surface area contributed by atoms with Crippen molar-refractivity contribution in [2.75, 3.05) is 43.4 Å². The van der Waals surface area contributed by atoms with Crippen LogP contribution in [0.2, 0.25) is 0 Å². The van der Waals surface area contributed by atoms with Gasteiger partial charge in [0.05, 0.1) is 11.8 Å². The number of rotatable bonds is 6. The van der Waals surface area contributed by atoms with E-state index in [-0.39, 0.29) is 18.4 Å². The number of nitrogen functional groups attached to an aromatic ring is 1. The van der Waals surface area contributed by atoms with Gasteiger partial charge in [-0.2, -0.15) is 19.5 Å². The van der Waals surface area contributed by atoms with Crippen molar-refractivity contribution in [1.29, 1.82) is 0 Å². The maximum Gasteiger partial charge on any atom is 0.335 e. The normalized spacial score (nSPS) is 18.9. The van der Waals surface area contributed by atoms with Crippen molar-refractivity contribution in [3.63, 3.8) is 0 Å². The smallest absolute Gasteiger partial charge is 0.335 e. The predicted octanol–water partition coefficient (Wildman–Crippen LogP) is 3.58. The summed E-state index contributed by atoms with van der Waals surface area (Å²) in [7, 11) is 0. The number of aromatic nitrogens is 5. The Hall–Kier alpha value is -3.70. The number of carboxylic acid groups (broad SMARTS) is 1. The number of carbonyl (C=O) groups is 1. The number of piperidine rings is 2. The molecule has 0 saturated carbocycles. The molecular formula is C26H31ClN8O3. The van der Waals surface area contributed by atoms with E-state index in [2.05, 4.69) is 29.9 Å². The van der Waals surface area contributed by atoms with E-state index in [1.165, 1.54) is 16.5 Å². The number of fused-ring (bicyclic) bond motifs is 1. The fourth-order valence-corrected chi connectivity index (χ4v) is 5.55. The standard InChI is InChI=1S/C26H30N8O3.ClH/c27-24-29-25(30-26-28-22(31-34(24)26)21-4-2-14-37-21)33-11-1-3-17(16-33)15-32-12-9-19(10-13-32)18-5-7-20(8-6-18)23(35)36;/h2,4-8,14,17,19H,1,3,9-13,15-16H2,(H,35,36)(H2,27,28,29,30,31);1H/t17-;/m0./s1. The third-order valence-corrected chi connectivity index (χ3v) is 7.50. The Labute approximate surface area is 226 Å². The zero-order valence-electron chi connectivity index (χ0n) is 20.9. The van der Waals surface area contributed by atoms with Crippen LogP contribution in [0.1, 0.15) is 47.5 Å². The van der Waals surface area contributed by atoms with Crippen molar-refractivity contribution in [2.45, 2.75) is 31.6 Å². The second-order valence-corrected chi connectivity index (χ2v) is 9.96. The molecule has 3 aromatic heterocycles. The van der Waals surface area contributed by atoms with Crippen molar-refractivity contribution >= 4 is 36.1 Å². The molecule has 1 aromatic carbocycles. The monoisotopic (exact) mass is 538 g/mol. The molecule has 6 rings (SSSR count). The summed E-state index contributed by atoms with van der Waals surface area (Å²) in [4.78, 5) is 29.6. The van der Waals surface area contributed by atoms with Crippen LogP contribution in [-0.2, 0) is 0 Å². The van der Waals surface area contributed by atoms with E-state index in [1.807, 2.05) is 12.1 Å². The summed E-state index contributed by atoms with van der Waals surface area (Å²) in [5.74, 6) is 2.39. The van der Waals surface area contributed by atoms with E-state index in [0.29, 0.717) is 40.7 Å². The van der Waals surface area contributed by atoms with E-state index in [0.717, 1.165) is 52.0 Å². The average molecular weight is 539 g/mol. The number of anilines is 2. The summed E-state index contributed by atoms with van der Waals surface area (Å²) in [6.45, 7) is 4.91. The van der Waals surface area contributed by atoms with Gasteiger partial charge in [0.2, 0.25) is 17.7 Å². The van der Waals surface area contributed by atoms with Crippen molar-refractivity contribution in [3.8, 4) is 11.6 Å². The lowest BCUT2D eigenvalue weighted by atomic mass is 9.88. The van der Waals surface area contributed by atoms with Gasteiger partial charge in [-0.25, -0.2) is 4.79 Å². The summed E-state index contributed by atoms with van der Waals surface area (Å²) in [6.07, 6.45) is 6.01. The molecule has 0 spiro atoms. The molecule has 5 heterocycles. The summed E-state index contributed by atoms with van der Waals surface area (Å²) in [6, 6.07) is 11.0. The minimum Gasteiger partial charge on any atom is -0.478 e. The molecule has 200 valence electrons. The lowest BCUT2D eigenvalue weighted by Gasteiger charge is -2.38. The number of likely N-dealkylation sites (tertiary alicyclic amines) is 1. The van der Waals surface area contributed by atoms with Crippen LogP contribution in [0.5, 0.6) is 0 Å². The first-order valence-corrected chi connectivity index (χ1v) is 12.8. The van der Waals surface area contributed by atoms with Crippen molar-refractivity contribution in [1.82, 2.24) is 29.5 Å². The number of carboxylic acids is 1. The molecule has 1 atom stereocenters. The Morgan fingerprint density at radius 3 is 2.55 bits per heavy atom. The zero-order valence-corrected chi connectivity index (χ0v) is 21.8. The molecule has 38 heavy (non-hydrogen) atoms. The van der Waals surface area contributed by atoms with Crippen molar-refractivity contribution in [3.05, 3.63) is 53.8 Å². The SMILES string of the molecule is Cl.Nc1nc(N2CCC[C@@H](CN3CCC(c4ccc(C(=O)O)cc4)CC3)C2)nc2nc(-c3ccco3)nn12. The maximum atomic E-state index is 11.1. The van der Waals surface area contributed by atoms with E-state index < -0.39 is 5.97 Å². The molecule has 0 unspecified atom stereocenters. The quantitative estimate of drug-likeness (QED) is 0.374. The molecule has 0 bridgehead atoms. The summed E-state index contributed by atoms with van der Waals surface area (Å²) < 4.78 is 6.85. The van der Waals surface area contributed by atoms with Crippen LogP contribution >= 0.6 is 12.4 Å². The first-order chi connectivity index (χ1) is 18.0. The third-order valence-electron chi connectivity index (χ3n) is 7.50. The van der Waals surface area contributed by atoms with E-state index in [1.54, 1.807) is 30.5 Å². The van der Waals surface area contributed by atoms with Crippen LogP contribution in [0.3, 0.4) is 0 Å². The van der Waals surface area contributed by atoms with Crippen LogP contribution in [0, 0.1) is 5.92 Å². The zero-order chi connectivity index (χ0) is 25.4. The summed E-state index contributed by atoms with van der Waals surface area (Å²) in [5, 5.41) is 13.5. The lowest BCUT2D eigenvalue weighted by Crippen LogP contribution is -2.43. The number of furan rings is 1. The van der Waals surface area contributed by atoms with Gasteiger partial charge in [-0.1, -0.05) is 12.1 Å². The Balaban J connectivity index is 0.00000294. The molecule has 2 aliphatic heterocycles. The van der Waals surface area contributed by atoms with Gasteiger partial charge in [-0.15, -0.1) is 17.5 Å². The highest BCUT2D eigenvalue weighted by Gasteiger charge is 2.27. The molecule has 11 nitrogen and oxygen atoms in total. The topological polar surface area (TPSA) is 139 Å². The molecule has 2 saturated heterocycles. The van der Waals surface area contributed by atoms with Crippen LogP contribution in [-0.4, -0.2) is 73.3 Å². The second kappa shape index (κ2) is 11.0. The number of benzene rings is 1. The van der Waals surface area contributed by atoms with Crippen molar-refractivity contribution < 1.29 is 14.3 Å². The number of nitrogens with two attached hydrogens (primary N) is 1. The van der Waals surface area contributed by atoms with Gasteiger partial charge in [0.25, 0.3) is 5.78 Å². The average Bonchev–Trinajstić information content (AvgIpc) is 3.60. The number of aromatic carboxylic acids is 1. The molecule has 3 N–H and O–H groups in total. The van der Waals surface area contributed by atoms with Gasteiger partial charge in [-0.05, 0) is 80.4 Å². The Morgan fingerprint density at radius 1 is 1.05 bits per heavy atom. The molecule has 0 amide bonds. The number of nitrogens with zero attached hydrogens (tertiary/aromatic N) is 7. The molecule has 12 heteroatoms. The Bertz CT molecular complexity index is 1380. The molecular weight excluding hydrogens is 508 g/mol. The number of halogens is 1.